The lowest BCUT2D eigenvalue weighted by molar-refractivity contribution is -0.137. The summed E-state index contributed by atoms with van der Waals surface area (Å²) in [6.45, 7) is 0. The molecule has 0 unspecified atom stereocenters. The van der Waals surface area contributed by atoms with E-state index in [1.807, 2.05) is 5.92 Å². The average Bonchev–Trinajstić information content (AvgIpc) is 2.12. The topological polar surface area (TPSA) is 34.1 Å². The third kappa shape index (κ3) is 3.76. The molecular formula is C9H4ClF3O2S. The van der Waals surface area contributed by atoms with Gasteiger partial charge in [-0.25, -0.2) is 0 Å². The predicted octanol–water partition coefficient (Wildman–Crippen LogP) is 2.58. The van der Waals surface area contributed by atoms with Crippen LogP contribution in [-0.4, -0.2) is 8.42 Å². The highest BCUT2D eigenvalue weighted by Gasteiger charge is 2.32. The Morgan fingerprint density at radius 3 is 2.25 bits per heavy atom. The van der Waals surface area contributed by atoms with E-state index in [4.69, 9.17) is 10.7 Å². The zero-order valence-electron chi connectivity index (χ0n) is 7.55. The Balaban J connectivity index is 3.30. The van der Waals surface area contributed by atoms with Crippen molar-refractivity contribution in [1.82, 2.24) is 0 Å². The van der Waals surface area contributed by atoms with Crippen LogP contribution in [-0.2, 0) is 15.2 Å². The van der Waals surface area contributed by atoms with Crippen LogP contribution in [0, 0.1) is 11.2 Å². The van der Waals surface area contributed by atoms with Crippen molar-refractivity contribution in [2.75, 3.05) is 0 Å². The highest BCUT2D eigenvalue weighted by molar-refractivity contribution is 8.17. The summed E-state index contributed by atoms with van der Waals surface area (Å²) in [6, 6.07) is 4.38. The van der Waals surface area contributed by atoms with Crippen molar-refractivity contribution in [1.29, 1.82) is 0 Å². The number of alkyl halides is 3. The Bertz CT molecular complexity index is 552. The highest BCUT2D eigenvalue weighted by atomic mass is 35.7. The van der Waals surface area contributed by atoms with E-state index in [1.54, 1.807) is 0 Å². The third-order valence-corrected chi connectivity index (χ3v) is 2.12. The van der Waals surface area contributed by atoms with Gasteiger partial charge in [0.2, 0.25) is 0 Å². The molecule has 0 fully saturated rings. The van der Waals surface area contributed by atoms with Crippen molar-refractivity contribution in [3.63, 3.8) is 0 Å². The molecule has 7 heteroatoms. The Labute approximate surface area is 94.5 Å². The zero-order chi connectivity index (χ0) is 12.4. The Morgan fingerprint density at radius 1 is 1.19 bits per heavy atom. The van der Waals surface area contributed by atoms with Gasteiger partial charge >= 0.3 is 15.2 Å². The van der Waals surface area contributed by atoms with Crippen molar-refractivity contribution in [3.8, 4) is 11.2 Å². The second kappa shape index (κ2) is 4.36. The van der Waals surface area contributed by atoms with Gasteiger partial charge in [0, 0.05) is 21.5 Å². The number of hydrogen-bond acceptors (Lipinski definition) is 2. The van der Waals surface area contributed by atoms with Gasteiger partial charge in [-0.3, -0.25) is 0 Å². The summed E-state index contributed by atoms with van der Waals surface area (Å²) < 4.78 is 58.2. The molecule has 0 aliphatic heterocycles. The number of halogens is 4. The Kier molecular flexibility index (Phi) is 3.51. The molecule has 0 radical (unpaired) electrons. The van der Waals surface area contributed by atoms with E-state index in [1.165, 1.54) is 17.4 Å². The number of rotatable bonds is 0. The van der Waals surface area contributed by atoms with Gasteiger partial charge in [0.25, 0.3) is 0 Å². The first-order valence-corrected chi connectivity index (χ1v) is 6.15. The third-order valence-electron chi connectivity index (χ3n) is 1.54. The quantitative estimate of drug-likeness (QED) is 0.535. The van der Waals surface area contributed by atoms with Crippen LogP contribution in [0.2, 0.25) is 0 Å². The van der Waals surface area contributed by atoms with E-state index in [-0.39, 0.29) is 0 Å². The van der Waals surface area contributed by atoms with Crippen LogP contribution in [0.4, 0.5) is 13.2 Å². The van der Waals surface area contributed by atoms with E-state index < -0.39 is 26.4 Å². The van der Waals surface area contributed by atoms with Gasteiger partial charge < -0.3 is 0 Å². The molecule has 86 valence electrons. The molecule has 0 saturated heterocycles. The van der Waals surface area contributed by atoms with Crippen LogP contribution in [0.5, 0.6) is 0 Å². The molecule has 2 nitrogen and oxygen atoms in total. The smallest absolute Gasteiger partial charge is 0.198 e. The maximum absolute atomic E-state index is 12.4. The van der Waals surface area contributed by atoms with Gasteiger partial charge in [-0.05, 0) is 18.1 Å². The van der Waals surface area contributed by atoms with E-state index >= 15 is 0 Å². The fraction of sp³-hybridized carbons (Fsp3) is 0.111. The maximum Gasteiger partial charge on any atom is 0.417 e. The molecular weight excluding hydrogens is 265 g/mol. The first kappa shape index (κ1) is 12.9. The van der Waals surface area contributed by atoms with Crippen molar-refractivity contribution >= 4 is 19.7 Å². The molecule has 0 spiro atoms. The van der Waals surface area contributed by atoms with Gasteiger partial charge in [0.1, 0.15) is 0 Å². The molecule has 0 aliphatic carbocycles. The van der Waals surface area contributed by atoms with E-state index in [0.29, 0.717) is 0 Å². The summed E-state index contributed by atoms with van der Waals surface area (Å²) in [7, 11) is 0.626. The van der Waals surface area contributed by atoms with Crippen LogP contribution in [0.1, 0.15) is 11.1 Å². The van der Waals surface area contributed by atoms with Crippen molar-refractivity contribution in [2.45, 2.75) is 6.18 Å². The fourth-order valence-corrected chi connectivity index (χ4v) is 1.30. The standard InChI is InChI=1S/C9H4ClF3O2S/c10-16(14,15)6-5-7-3-1-2-4-8(7)9(11,12)13/h1-4H. The summed E-state index contributed by atoms with van der Waals surface area (Å²) >= 11 is 0. The molecule has 1 aromatic carbocycles. The second-order valence-electron chi connectivity index (χ2n) is 2.71. The lowest BCUT2D eigenvalue weighted by Gasteiger charge is -2.07. The molecule has 0 amide bonds. The minimum absolute atomic E-state index is 0.431. The summed E-state index contributed by atoms with van der Waals surface area (Å²) in [5.74, 6) is 1.87. The van der Waals surface area contributed by atoms with Gasteiger partial charge in [0.15, 0.2) is 0 Å². The minimum atomic E-state index is -4.58. The van der Waals surface area contributed by atoms with E-state index in [0.717, 1.165) is 12.1 Å². The largest absolute Gasteiger partial charge is 0.417 e. The first-order chi connectivity index (χ1) is 7.20. The monoisotopic (exact) mass is 268 g/mol. The van der Waals surface area contributed by atoms with Gasteiger partial charge in [0.05, 0.1) is 5.56 Å². The molecule has 16 heavy (non-hydrogen) atoms. The first-order valence-electron chi connectivity index (χ1n) is 3.84. The van der Waals surface area contributed by atoms with E-state index in [9.17, 15) is 21.6 Å². The number of benzene rings is 1. The lowest BCUT2D eigenvalue weighted by Crippen LogP contribution is -2.07. The summed E-state index contributed by atoms with van der Waals surface area (Å²) in [4.78, 5) is 0. The van der Waals surface area contributed by atoms with Gasteiger partial charge in [-0.15, -0.1) is 0 Å². The summed E-state index contributed by atoms with van der Waals surface area (Å²) in [6.07, 6.45) is -4.58. The molecule has 0 aliphatic rings. The molecule has 1 rings (SSSR count). The molecule has 0 N–H and O–H groups in total. The predicted molar refractivity (Wildman–Crippen MR) is 53.1 cm³/mol. The molecule has 0 heterocycles. The molecule has 0 saturated carbocycles. The minimum Gasteiger partial charge on any atom is -0.198 e. The molecule has 0 atom stereocenters. The number of hydrogen-bond donors (Lipinski definition) is 0. The Morgan fingerprint density at radius 2 is 1.75 bits per heavy atom. The van der Waals surface area contributed by atoms with Crippen molar-refractivity contribution in [3.05, 3.63) is 35.4 Å². The zero-order valence-corrected chi connectivity index (χ0v) is 9.12. The fourth-order valence-electron chi connectivity index (χ4n) is 0.955. The van der Waals surface area contributed by atoms with Crippen LogP contribution in [0.15, 0.2) is 24.3 Å². The maximum atomic E-state index is 12.4. The van der Waals surface area contributed by atoms with Crippen LogP contribution in [0.25, 0.3) is 0 Å². The Hall–Kier alpha value is -1.19. The lowest BCUT2D eigenvalue weighted by atomic mass is 10.1. The van der Waals surface area contributed by atoms with Crippen LogP contribution in [0.3, 0.4) is 0 Å². The van der Waals surface area contributed by atoms with Crippen molar-refractivity contribution < 1.29 is 21.6 Å². The van der Waals surface area contributed by atoms with Gasteiger partial charge in [-0.1, -0.05) is 12.1 Å². The van der Waals surface area contributed by atoms with Crippen molar-refractivity contribution in [2.24, 2.45) is 0 Å². The second-order valence-corrected chi connectivity index (χ2v) is 5.01. The SMILES string of the molecule is O=S(=O)(Cl)C#Cc1ccccc1C(F)(F)F. The van der Waals surface area contributed by atoms with Crippen LogP contribution >= 0.6 is 10.7 Å². The van der Waals surface area contributed by atoms with Crippen LogP contribution < -0.4 is 0 Å². The normalized spacial score (nSPS) is 11.8. The molecule has 1 aromatic rings. The summed E-state index contributed by atoms with van der Waals surface area (Å²) in [5, 5.41) is 1.54. The van der Waals surface area contributed by atoms with E-state index in [2.05, 4.69) is 0 Å². The average molecular weight is 269 g/mol. The molecule has 0 bridgehead atoms. The molecule has 0 aromatic heterocycles. The highest BCUT2D eigenvalue weighted by Crippen LogP contribution is 2.31. The summed E-state index contributed by atoms with van der Waals surface area (Å²) in [5.41, 5.74) is -1.43. The van der Waals surface area contributed by atoms with Gasteiger partial charge in [-0.2, -0.15) is 21.6 Å².